The van der Waals surface area contributed by atoms with Crippen LogP contribution in [0.25, 0.3) is 10.9 Å². The SMILES string of the molecule is COC[C@@]12CN(C(=O)Cn3ncc4ccccc43)C[C@@H]1C(C)(C)C2. The molecule has 5 nitrogen and oxygen atoms in total. The summed E-state index contributed by atoms with van der Waals surface area (Å²) in [6.07, 6.45) is 2.96. The third-order valence-corrected chi connectivity index (χ3v) is 6.02. The van der Waals surface area contributed by atoms with E-state index in [-0.39, 0.29) is 11.3 Å². The molecule has 2 aliphatic rings. The number of para-hydroxylation sites is 1. The molecule has 0 radical (unpaired) electrons. The number of aromatic nitrogens is 2. The number of nitrogens with zero attached hydrogens (tertiary/aromatic N) is 3. The molecule has 2 aromatic rings. The van der Waals surface area contributed by atoms with Gasteiger partial charge in [-0.1, -0.05) is 32.0 Å². The summed E-state index contributed by atoms with van der Waals surface area (Å²) in [6.45, 7) is 7.32. The Kier molecular flexibility index (Phi) is 3.46. The lowest BCUT2D eigenvalue weighted by atomic mass is 9.48. The number of rotatable bonds is 4. The maximum Gasteiger partial charge on any atom is 0.244 e. The van der Waals surface area contributed by atoms with Crippen molar-refractivity contribution >= 4 is 16.8 Å². The molecule has 4 rings (SSSR count). The topological polar surface area (TPSA) is 47.4 Å². The highest BCUT2D eigenvalue weighted by molar-refractivity contribution is 5.82. The van der Waals surface area contributed by atoms with Crippen molar-refractivity contribution in [3.8, 4) is 0 Å². The van der Waals surface area contributed by atoms with Crippen LogP contribution in [0.3, 0.4) is 0 Å². The molecule has 2 fully saturated rings. The highest BCUT2D eigenvalue weighted by atomic mass is 16.5. The Morgan fingerprint density at radius 2 is 2.17 bits per heavy atom. The predicted octanol–water partition coefficient (Wildman–Crippen LogP) is 2.56. The first kappa shape index (κ1) is 15.6. The number of amides is 1. The van der Waals surface area contributed by atoms with Crippen molar-refractivity contribution in [3.63, 3.8) is 0 Å². The number of hydrogen-bond acceptors (Lipinski definition) is 3. The first-order chi connectivity index (χ1) is 11.5. The van der Waals surface area contributed by atoms with Crippen LogP contribution in [0.5, 0.6) is 0 Å². The van der Waals surface area contributed by atoms with E-state index >= 15 is 0 Å². The highest BCUT2D eigenvalue weighted by Crippen LogP contribution is 2.62. The van der Waals surface area contributed by atoms with E-state index in [4.69, 9.17) is 4.74 Å². The molecule has 2 atom stereocenters. The van der Waals surface area contributed by atoms with E-state index in [1.54, 1.807) is 7.11 Å². The fourth-order valence-corrected chi connectivity index (χ4v) is 5.18. The summed E-state index contributed by atoms with van der Waals surface area (Å²) in [4.78, 5) is 14.9. The van der Waals surface area contributed by atoms with E-state index in [1.165, 1.54) is 0 Å². The van der Waals surface area contributed by atoms with Gasteiger partial charge in [-0.2, -0.15) is 5.10 Å². The Morgan fingerprint density at radius 3 is 2.92 bits per heavy atom. The van der Waals surface area contributed by atoms with E-state index in [0.717, 1.165) is 37.0 Å². The lowest BCUT2D eigenvalue weighted by Crippen LogP contribution is -2.55. The molecule has 0 N–H and O–H groups in total. The Bertz CT molecular complexity index is 782. The molecule has 0 bridgehead atoms. The van der Waals surface area contributed by atoms with Crippen LogP contribution in [-0.2, 0) is 16.1 Å². The number of ether oxygens (including phenoxy) is 1. The van der Waals surface area contributed by atoms with Crippen molar-refractivity contribution in [2.24, 2.45) is 16.7 Å². The summed E-state index contributed by atoms with van der Waals surface area (Å²) in [5.74, 6) is 0.688. The molecule has 1 aliphatic carbocycles. The zero-order valence-electron chi connectivity index (χ0n) is 14.7. The second-order valence-electron chi connectivity index (χ2n) is 8.15. The van der Waals surface area contributed by atoms with Crippen molar-refractivity contribution in [1.82, 2.24) is 14.7 Å². The van der Waals surface area contributed by atoms with Gasteiger partial charge in [0.25, 0.3) is 0 Å². The number of likely N-dealkylation sites (tertiary alicyclic amines) is 1. The van der Waals surface area contributed by atoms with Gasteiger partial charge >= 0.3 is 0 Å². The van der Waals surface area contributed by atoms with Gasteiger partial charge in [0.05, 0.1) is 18.3 Å². The lowest BCUT2D eigenvalue weighted by Gasteiger charge is -2.56. The molecule has 1 aliphatic heterocycles. The summed E-state index contributed by atoms with van der Waals surface area (Å²) in [7, 11) is 1.76. The second kappa shape index (κ2) is 5.31. The van der Waals surface area contributed by atoms with Gasteiger partial charge in [-0.05, 0) is 23.8 Å². The molecule has 24 heavy (non-hydrogen) atoms. The maximum absolute atomic E-state index is 12.9. The average Bonchev–Trinajstić information content (AvgIpc) is 3.08. The van der Waals surface area contributed by atoms with Crippen molar-refractivity contribution in [2.45, 2.75) is 26.8 Å². The Labute approximate surface area is 142 Å². The molecular formula is C19H25N3O2. The number of benzene rings is 1. The number of hydrogen-bond donors (Lipinski definition) is 0. The minimum absolute atomic E-state index is 0.153. The normalized spacial score (nSPS) is 28.0. The van der Waals surface area contributed by atoms with Gasteiger partial charge in [0, 0.05) is 31.0 Å². The number of methoxy groups -OCH3 is 1. The van der Waals surface area contributed by atoms with Crippen LogP contribution < -0.4 is 0 Å². The standard InChI is InChI=1S/C19H25N3O2/c1-18(2)11-19(13-24-3)12-21(9-16(18)19)17(23)10-22-15-7-5-4-6-14(15)8-20-22/h4-8,16H,9-13H2,1-3H3/t16-,19-/m1/s1. The molecule has 128 valence electrons. The zero-order valence-corrected chi connectivity index (χ0v) is 14.7. The van der Waals surface area contributed by atoms with Gasteiger partial charge in [0.1, 0.15) is 6.54 Å². The lowest BCUT2D eigenvalue weighted by molar-refractivity contribution is -0.131. The summed E-state index contributed by atoms with van der Waals surface area (Å²) >= 11 is 0. The number of carbonyl (C=O) groups is 1. The third kappa shape index (κ3) is 2.25. The molecule has 1 aromatic heterocycles. The van der Waals surface area contributed by atoms with E-state index < -0.39 is 0 Å². The summed E-state index contributed by atoms with van der Waals surface area (Å²) < 4.78 is 7.29. The van der Waals surface area contributed by atoms with Crippen molar-refractivity contribution in [1.29, 1.82) is 0 Å². The summed E-state index contributed by atoms with van der Waals surface area (Å²) in [6, 6.07) is 8.01. The number of fused-ring (bicyclic) bond motifs is 2. The van der Waals surface area contributed by atoms with E-state index in [2.05, 4.69) is 18.9 Å². The van der Waals surface area contributed by atoms with E-state index in [1.807, 2.05) is 40.0 Å². The molecule has 1 aromatic carbocycles. The molecule has 0 spiro atoms. The largest absolute Gasteiger partial charge is 0.384 e. The summed E-state index contributed by atoms with van der Waals surface area (Å²) in [5.41, 5.74) is 1.46. The van der Waals surface area contributed by atoms with Gasteiger partial charge in [0.2, 0.25) is 5.91 Å². The quantitative estimate of drug-likeness (QED) is 0.867. The maximum atomic E-state index is 12.9. The Hall–Kier alpha value is -1.88. The fraction of sp³-hybridized carbons (Fsp3) is 0.579. The molecule has 2 heterocycles. The predicted molar refractivity (Wildman–Crippen MR) is 92.5 cm³/mol. The van der Waals surface area contributed by atoms with E-state index in [9.17, 15) is 4.79 Å². The van der Waals surface area contributed by atoms with Crippen LogP contribution in [0.15, 0.2) is 30.5 Å². The molecule has 1 saturated heterocycles. The van der Waals surface area contributed by atoms with Gasteiger partial charge in [-0.15, -0.1) is 0 Å². The first-order valence-corrected chi connectivity index (χ1v) is 8.62. The smallest absolute Gasteiger partial charge is 0.244 e. The second-order valence-corrected chi connectivity index (χ2v) is 8.15. The van der Waals surface area contributed by atoms with Crippen LogP contribution in [0.1, 0.15) is 20.3 Å². The fourth-order valence-electron chi connectivity index (χ4n) is 5.18. The minimum Gasteiger partial charge on any atom is -0.384 e. The minimum atomic E-state index is 0.153. The van der Waals surface area contributed by atoms with Crippen molar-refractivity contribution in [2.75, 3.05) is 26.8 Å². The third-order valence-electron chi connectivity index (χ3n) is 6.02. The molecule has 0 unspecified atom stereocenters. The first-order valence-electron chi connectivity index (χ1n) is 8.62. The molecule has 1 saturated carbocycles. The molecule has 1 amide bonds. The van der Waals surface area contributed by atoms with Crippen molar-refractivity contribution in [3.05, 3.63) is 30.5 Å². The Morgan fingerprint density at radius 1 is 1.38 bits per heavy atom. The van der Waals surface area contributed by atoms with Crippen LogP contribution in [0.2, 0.25) is 0 Å². The van der Waals surface area contributed by atoms with Gasteiger partial charge in [-0.25, -0.2) is 0 Å². The molecule has 5 heteroatoms. The van der Waals surface area contributed by atoms with Gasteiger partial charge in [-0.3, -0.25) is 9.48 Å². The van der Waals surface area contributed by atoms with Crippen LogP contribution >= 0.6 is 0 Å². The van der Waals surface area contributed by atoms with Crippen LogP contribution in [0.4, 0.5) is 0 Å². The Balaban J connectivity index is 1.52. The molecular weight excluding hydrogens is 302 g/mol. The van der Waals surface area contributed by atoms with Crippen LogP contribution in [0, 0.1) is 16.7 Å². The van der Waals surface area contributed by atoms with Crippen molar-refractivity contribution < 1.29 is 9.53 Å². The van der Waals surface area contributed by atoms with Crippen LogP contribution in [-0.4, -0.2) is 47.4 Å². The van der Waals surface area contributed by atoms with Gasteiger partial charge < -0.3 is 9.64 Å². The average molecular weight is 327 g/mol. The van der Waals surface area contributed by atoms with Gasteiger partial charge in [0.15, 0.2) is 0 Å². The highest BCUT2D eigenvalue weighted by Gasteiger charge is 2.63. The van der Waals surface area contributed by atoms with E-state index in [0.29, 0.717) is 17.9 Å². The monoisotopic (exact) mass is 327 g/mol. The summed E-state index contributed by atoms with van der Waals surface area (Å²) in [5, 5.41) is 5.46. The zero-order chi connectivity index (χ0) is 16.9. The number of carbonyl (C=O) groups excluding carboxylic acids is 1.